The van der Waals surface area contributed by atoms with Crippen LogP contribution < -0.4 is 5.32 Å². The molecule has 1 aromatic heterocycles. The number of aryl methyl sites for hydroxylation is 3. The Hall–Kier alpha value is -3.06. The molecule has 7 heteroatoms. The molecule has 2 aromatic carbocycles. The van der Waals surface area contributed by atoms with Gasteiger partial charge in [-0.15, -0.1) is 11.8 Å². The third-order valence-corrected chi connectivity index (χ3v) is 7.53. The SMILES string of the molecule is CCCCCn1c(-c2ccc(SC(C)(C)C(=O)O)cc2)nc(C(=O)Nc2c(C)cc(C)cc2C)c1C. The molecule has 0 saturated heterocycles. The van der Waals surface area contributed by atoms with Gasteiger partial charge in [-0.25, -0.2) is 4.98 Å². The molecule has 0 unspecified atom stereocenters. The highest BCUT2D eigenvalue weighted by Crippen LogP contribution is 2.34. The average molecular weight is 508 g/mol. The number of carbonyl (C=O) groups is 2. The van der Waals surface area contributed by atoms with E-state index in [1.165, 1.54) is 11.8 Å². The molecule has 2 N–H and O–H groups in total. The minimum absolute atomic E-state index is 0.214. The Kier molecular flexibility index (Phi) is 8.67. The van der Waals surface area contributed by atoms with Gasteiger partial charge in [-0.1, -0.05) is 49.6 Å². The lowest BCUT2D eigenvalue weighted by molar-refractivity contribution is -0.138. The smallest absolute Gasteiger partial charge is 0.319 e. The van der Waals surface area contributed by atoms with Crippen LogP contribution in [0.25, 0.3) is 11.4 Å². The predicted molar refractivity (Wildman–Crippen MR) is 148 cm³/mol. The number of carbonyl (C=O) groups excluding carboxylic acids is 1. The van der Waals surface area contributed by atoms with Crippen LogP contribution in [0.4, 0.5) is 5.69 Å². The van der Waals surface area contributed by atoms with Gasteiger partial charge in [-0.05, 0) is 71.2 Å². The summed E-state index contributed by atoms with van der Waals surface area (Å²) in [4.78, 5) is 30.6. The van der Waals surface area contributed by atoms with Gasteiger partial charge < -0.3 is 15.0 Å². The van der Waals surface area contributed by atoms with Crippen LogP contribution in [0.15, 0.2) is 41.3 Å². The Bertz CT molecular complexity index is 1240. The van der Waals surface area contributed by atoms with Crippen molar-refractivity contribution < 1.29 is 14.7 Å². The molecule has 1 amide bonds. The lowest BCUT2D eigenvalue weighted by Crippen LogP contribution is -2.26. The summed E-state index contributed by atoms with van der Waals surface area (Å²) in [6.45, 7) is 14.3. The summed E-state index contributed by atoms with van der Waals surface area (Å²) >= 11 is 1.31. The Labute approximate surface area is 218 Å². The molecule has 192 valence electrons. The minimum Gasteiger partial charge on any atom is -0.480 e. The molecule has 0 radical (unpaired) electrons. The molecule has 0 fully saturated rings. The lowest BCUT2D eigenvalue weighted by atomic mass is 10.0. The highest BCUT2D eigenvalue weighted by atomic mass is 32.2. The zero-order valence-corrected chi connectivity index (χ0v) is 23.2. The molecule has 1 heterocycles. The molecular weight excluding hydrogens is 470 g/mol. The largest absolute Gasteiger partial charge is 0.480 e. The Morgan fingerprint density at radius 1 is 1.03 bits per heavy atom. The highest BCUT2D eigenvalue weighted by Gasteiger charge is 2.28. The topological polar surface area (TPSA) is 84.2 Å². The Morgan fingerprint density at radius 2 is 1.64 bits per heavy atom. The first-order chi connectivity index (χ1) is 16.9. The molecule has 0 atom stereocenters. The van der Waals surface area contributed by atoms with E-state index in [-0.39, 0.29) is 5.91 Å². The number of unbranched alkanes of at least 4 members (excludes halogenated alkanes) is 2. The van der Waals surface area contributed by atoms with E-state index in [4.69, 9.17) is 4.98 Å². The number of anilines is 1. The number of hydrogen-bond acceptors (Lipinski definition) is 4. The average Bonchev–Trinajstić information content (AvgIpc) is 3.13. The van der Waals surface area contributed by atoms with Crippen molar-refractivity contribution in [1.29, 1.82) is 0 Å². The van der Waals surface area contributed by atoms with Crippen LogP contribution in [0.5, 0.6) is 0 Å². The van der Waals surface area contributed by atoms with Gasteiger partial charge in [0.05, 0.1) is 0 Å². The molecule has 0 aliphatic rings. The second-order valence-electron chi connectivity index (χ2n) is 9.90. The van der Waals surface area contributed by atoms with Crippen LogP contribution in [0, 0.1) is 27.7 Å². The standard InChI is InChI=1S/C29H37N3O3S/c1-8-9-10-15-32-21(5)25(27(33)31-24-19(3)16-18(2)17-20(24)4)30-26(32)22-11-13-23(14-12-22)36-29(6,7)28(34)35/h11-14,16-17H,8-10,15H2,1-7H3,(H,31,33)(H,34,35). The summed E-state index contributed by atoms with van der Waals surface area (Å²) in [5.74, 6) is -0.318. The van der Waals surface area contributed by atoms with Crippen molar-refractivity contribution in [2.24, 2.45) is 0 Å². The number of carboxylic acids is 1. The summed E-state index contributed by atoms with van der Waals surface area (Å²) in [7, 11) is 0. The number of rotatable bonds is 10. The summed E-state index contributed by atoms with van der Waals surface area (Å²) in [5, 5.41) is 12.5. The number of imidazole rings is 1. The van der Waals surface area contributed by atoms with Crippen LogP contribution in [0.2, 0.25) is 0 Å². The molecule has 0 bridgehead atoms. The van der Waals surface area contributed by atoms with Crippen molar-refractivity contribution in [2.45, 2.75) is 83.9 Å². The quantitative estimate of drug-likeness (QED) is 0.224. The number of nitrogens with zero attached hydrogens (tertiary/aromatic N) is 2. The molecule has 0 saturated carbocycles. The van der Waals surface area contributed by atoms with Gasteiger partial charge in [0.25, 0.3) is 5.91 Å². The molecule has 0 spiro atoms. The van der Waals surface area contributed by atoms with E-state index in [9.17, 15) is 14.7 Å². The number of nitrogens with one attached hydrogen (secondary N) is 1. The van der Waals surface area contributed by atoms with Crippen LogP contribution in [0.3, 0.4) is 0 Å². The summed E-state index contributed by atoms with van der Waals surface area (Å²) in [6.07, 6.45) is 3.20. The van der Waals surface area contributed by atoms with Gasteiger partial charge in [-0.2, -0.15) is 0 Å². The normalized spacial score (nSPS) is 11.5. The zero-order chi connectivity index (χ0) is 26.6. The molecule has 0 aliphatic carbocycles. The van der Waals surface area contributed by atoms with Crippen molar-refractivity contribution in [1.82, 2.24) is 9.55 Å². The van der Waals surface area contributed by atoms with E-state index in [1.807, 2.05) is 52.0 Å². The molecule has 3 rings (SSSR count). The second-order valence-corrected chi connectivity index (χ2v) is 11.6. The number of aliphatic carboxylic acids is 1. The molecule has 36 heavy (non-hydrogen) atoms. The van der Waals surface area contributed by atoms with E-state index >= 15 is 0 Å². The van der Waals surface area contributed by atoms with E-state index in [1.54, 1.807) is 13.8 Å². The maximum atomic E-state index is 13.4. The third-order valence-electron chi connectivity index (χ3n) is 6.34. The van der Waals surface area contributed by atoms with Crippen LogP contribution in [0.1, 0.15) is 72.9 Å². The zero-order valence-electron chi connectivity index (χ0n) is 22.4. The van der Waals surface area contributed by atoms with Crippen LogP contribution in [-0.2, 0) is 11.3 Å². The van der Waals surface area contributed by atoms with Crippen molar-refractivity contribution >= 4 is 29.3 Å². The third kappa shape index (κ3) is 6.19. The van der Waals surface area contributed by atoms with Crippen LogP contribution in [-0.4, -0.2) is 31.3 Å². The summed E-state index contributed by atoms with van der Waals surface area (Å²) in [5.41, 5.74) is 6.20. The van der Waals surface area contributed by atoms with Crippen molar-refractivity contribution in [3.8, 4) is 11.4 Å². The number of hydrogen-bond donors (Lipinski definition) is 2. The van der Waals surface area contributed by atoms with Gasteiger partial charge >= 0.3 is 5.97 Å². The van der Waals surface area contributed by atoms with E-state index in [0.717, 1.165) is 70.2 Å². The van der Waals surface area contributed by atoms with Crippen molar-refractivity contribution in [2.75, 3.05) is 5.32 Å². The van der Waals surface area contributed by atoms with Gasteiger partial charge in [0.15, 0.2) is 0 Å². The fourth-order valence-corrected chi connectivity index (χ4v) is 5.27. The molecule has 0 aliphatic heterocycles. The highest BCUT2D eigenvalue weighted by molar-refractivity contribution is 8.01. The van der Waals surface area contributed by atoms with Crippen LogP contribution >= 0.6 is 11.8 Å². The maximum Gasteiger partial charge on any atom is 0.319 e. The number of thioether (sulfide) groups is 1. The maximum absolute atomic E-state index is 13.4. The number of benzene rings is 2. The van der Waals surface area contributed by atoms with E-state index in [0.29, 0.717) is 5.69 Å². The van der Waals surface area contributed by atoms with E-state index in [2.05, 4.69) is 28.9 Å². The van der Waals surface area contributed by atoms with Crippen molar-refractivity contribution in [3.05, 3.63) is 64.5 Å². The molecule has 3 aromatic rings. The van der Waals surface area contributed by atoms with Gasteiger partial charge in [-0.3, -0.25) is 9.59 Å². The fourth-order valence-electron chi connectivity index (χ4n) is 4.32. The number of carboxylic acid groups (broad SMARTS) is 1. The lowest BCUT2D eigenvalue weighted by Gasteiger charge is -2.18. The summed E-state index contributed by atoms with van der Waals surface area (Å²) < 4.78 is 1.21. The summed E-state index contributed by atoms with van der Waals surface area (Å²) in [6, 6.07) is 11.9. The number of aromatic nitrogens is 2. The van der Waals surface area contributed by atoms with E-state index < -0.39 is 10.7 Å². The van der Waals surface area contributed by atoms with Crippen molar-refractivity contribution in [3.63, 3.8) is 0 Å². The van der Waals surface area contributed by atoms with Gasteiger partial charge in [0.1, 0.15) is 16.3 Å². The monoisotopic (exact) mass is 507 g/mol. The Morgan fingerprint density at radius 3 is 2.19 bits per heavy atom. The molecular formula is C29H37N3O3S. The first kappa shape index (κ1) is 27.5. The van der Waals surface area contributed by atoms with Gasteiger partial charge in [0.2, 0.25) is 0 Å². The second kappa shape index (κ2) is 11.3. The minimum atomic E-state index is -0.922. The fraction of sp³-hybridized carbons (Fsp3) is 0.414. The first-order valence-corrected chi connectivity index (χ1v) is 13.3. The first-order valence-electron chi connectivity index (χ1n) is 12.4. The predicted octanol–water partition coefficient (Wildman–Crippen LogP) is 7.18. The Balaban J connectivity index is 1.96. The number of amides is 1. The molecule has 6 nitrogen and oxygen atoms in total. The van der Waals surface area contributed by atoms with Gasteiger partial charge in [0, 0.05) is 28.4 Å².